The zero-order chi connectivity index (χ0) is 45.8. The van der Waals surface area contributed by atoms with Crippen LogP contribution in [-0.2, 0) is 28.6 Å². The van der Waals surface area contributed by atoms with E-state index in [0.29, 0.717) is 19.3 Å². The van der Waals surface area contributed by atoms with Gasteiger partial charge in [0.25, 0.3) is 0 Å². The number of allylic oxidation sites excluding steroid dienone is 20. The van der Waals surface area contributed by atoms with Crippen LogP contribution in [0, 0.1) is 0 Å². The van der Waals surface area contributed by atoms with Crippen molar-refractivity contribution in [3.8, 4) is 0 Å². The molecule has 0 spiro atoms. The highest BCUT2D eigenvalue weighted by Crippen LogP contribution is 2.14. The molecule has 0 fully saturated rings. The summed E-state index contributed by atoms with van der Waals surface area (Å²) in [5, 5.41) is 0. The predicted molar refractivity (Wildman–Crippen MR) is 269 cm³/mol. The molecule has 0 rings (SSSR count). The average Bonchev–Trinajstić information content (AvgIpc) is 3.28. The minimum absolute atomic E-state index is 0.106. The first-order valence-electron chi connectivity index (χ1n) is 25.2. The van der Waals surface area contributed by atoms with Gasteiger partial charge < -0.3 is 14.2 Å². The fourth-order valence-electron chi connectivity index (χ4n) is 6.43. The second-order valence-corrected chi connectivity index (χ2v) is 16.2. The van der Waals surface area contributed by atoms with E-state index in [1.54, 1.807) is 0 Å². The molecule has 0 aliphatic carbocycles. The van der Waals surface area contributed by atoms with Crippen LogP contribution in [0.1, 0.15) is 201 Å². The van der Waals surface area contributed by atoms with Crippen molar-refractivity contribution in [3.05, 3.63) is 122 Å². The summed E-state index contributed by atoms with van der Waals surface area (Å²) in [5.74, 6) is -0.982. The molecule has 1 unspecified atom stereocenters. The number of unbranched alkanes of at least 4 members (excludes halogenated alkanes) is 20. The Labute approximate surface area is 386 Å². The van der Waals surface area contributed by atoms with Crippen LogP contribution in [0.3, 0.4) is 0 Å². The minimum atomic E-state index is -0.812. The van der Waals surface area contributed by atoms with Crippen molar-refractivity contribution in [2.45, 2.75) is 207 Å². The van der Waals surface area contributed by atoms with Gasteiger partial charge in [-0.1, -0.05) is 245 Å². The van der Waals surface area contributed by atoms with E-state index in [0.717, 1.165) is 89.9 Å². The molecule has 6 heteroatoms. The normalized spacial score (nSPS) is 13.1. The maximum atomic E-state index is 12.8. The summed E-state index contributed by atoms with van der Waals surface area (Å²) < 4.78 is 16.7. The fraction of sp³-hybridized carbons (Fsp3) is 0.596. The number of carbonyl (C=O) groups is 3. The van der Waals surface area contributed by atoms with Crippen LogP contribution in [-0.4, -0.2) is 37.2 Å². The molecular formula is C57H90O6. The molecule has 0 amide bonds. The zero-order valence-electron chi connectivity index (χ0n) is 40.3. The molecule has 0 aromatic rings. The Morgan fingerprint density at radius 3 is 1.05 bits per heavy atom. The Morgan fingerprint density at radius 2 is 0.651 bits per heavy atom. The Bertz CT molecular complexity index is 1370. The number of esters is 3. The van der Waals surface area contributed by atoms with Crippen molar-refractivity contribution in [1.29, 1.82) is 0 Å². The van der Waals surface area contributed by atoms with E-state index in [9.17, 15) is 14.4 Å². The van der Waals surface area contributed by atoms with Gasteiger partial charge in [0.2, 0.25) is 0 Å². The highest BCUT2D eigenvalue weighted by Gasteiger charge is 2.19. The molecule has 0 aromatic heterocycles. The summed E-state index contributed by atoms with van der Waals surface area (Å²) in [6, 6.07) is 0. The third-order valence-corrected chi connectivity index (χ3v) is 10.2. The predicted octanol–water partition coefficient (Wildman–Crippen LogP) is 16.5. The lowest BCUT2D eigenvalue weighted by Gasteiger charge is -2.18. The van der Waals surface area contributed by atoms with Crippen molar-refractivity contribution in [1.82, 2.24) is 0 Å². The molecular weight excluding hydrogens is 781 g/mol. The Hall–Kier alpha value is -4.19. The van der Waals surface area contributed by atoms with E-state index in [2.05, 4.69) is 57.2 Å². The first-order valence-corrected chi connectivity index (χ1v) is 25.2. The monoisotopic (exact) mass is 871 g/mol. The molecule has 0 aliphatic rings. The van der Waals surface area contributed by atoms with Crippen LogP contribution in [0.5, 0.6) is 0 Å². The van der Waals surface area contributed by atoms with E-state index >= 15 is 0 Å². The standard InChI is InChI=1S/C57H90O6/c1-4-7-10-13-16-19-22-25-27-28-29-31-32-35-38-41-44-47-50-56(59)62-53-54(52-61-55(58)49-46-43-40-37-34-24-21-18-15-12-9-6-3)63-57(60)51-48-45-42-39-36-33-30-26-23-20-17-14-11-8-5-2/h8,10-11,13-14,16-17,19-20,22-23,25-31,33,36,54H,4-7,9,12,15,18,21,24,32,34-35,37-53H2,1-3H3/b11-8-,13-10-,17-14-,19-16-,23-20-,25-22-,28-27-,30-26-,31-29-,36-33-. The maximum absolute atomic E-state index is 12.8. The van der Waals surface area contributed by atoms with Gasteiger partial charge >= 0.3 is 17.9 Å². The number of ether oxygens (including phenoxy) is 3. The van der Waals surface area contributed by atoms with Gasteiger partial charge in [0.05, 0.1) is 0 Å². The Morgan fingerprint density at radius 1 is 0.333 bits per heavy atom. The van der Waals surface area contributed by atoms with Gasteiger partial charge in [-0.05, 0) is 57.8 Å². The molecule has 0 saturated carbocycles. The SMILES string of the molecule is CC\C=C/C=C\C=C/C=C\C=C/CCCCCC(=O)OC(COC(=O)CCCCCCC\C=C/C=C\C=C/C=C\C=C/CCC)COC(=O)CCCCCCCCCCCCCC. The molecule has 0 saturated heterocycles. The fourth-order valence-corrected chi connectivity index (χ4v) is 6.43. The summed E-state index contributed by atoms with van der Waals surface area (Å²) in [4.78, 5) is 37.9. The largest absolute Gasteiger partial charge is 0.462 e. The van der Waals surface area contributed by atoms with Crippen molar-refractivity contribution in [3.63, 3.8) is 0 Å². The second-order valence-electron chi connectivity index (χ2n) is 16.2. The van der Waals surface area contributed by atoms with E-state index in [-0.39, 0.29) is 37.5 Å². The highest BCUT2D eigenvalue weighted by molar-refractivity contribution is 5.71. The van der Waals surface area contributed by atoms with Gasteiger partial charge in [-0.3, -0.25) is 14.4 Å². The summed E-state index contributed by atoms with van der Waals surface area (Å²) in [6.45, 7) is 6.33. The number of hydrogen-bond donors (Lipinski definition) is 0. The quantitative estimate of drug-likeness (QED) is 0.0263. The number of rotatable bonds is 43. The molecule has 354 valence electrons. The number of hydrogen-bond acceptors (Lipinski definition) is 6. The number of carbonyl (C=O) groups excluding carboxylic acids is 3. The van der Waals surface area contributed by atoms with Gasteiger partial charge in [0.15, 0.2) is 6.10 Å². The van der Waals surface area contributed by atoms with E-state index in [4.69, 9.17) is 14.2 Å². The van der Waals surface area contributed by atoms with E-state index in [1.807, 2.05) is 85.1 Å². The van der Waals surface area contributed by atoms with Crippen LogP contribution in [0.15, 0.2) is 122 Å². The third kappa shape index (κ3) is 48.7. The molecule has 0 N–H and O–H groups in total. The van der Waals surface area contributed by atoms with Crippen LogP contribution in [0.4, 0.5) is 0 Å². The van der Waals surface area contributed by atoms with Gasteiger partial charge in [-0.2, -0.15) is 0 Å². The van der Waals surface area contributed by atoms with Gasteiger partial charge in [0.1, 0.15) is 13.2 Å². The minimum Gasteiger partial charge on any atom is -0.462 e. The van der Waals surface area contributed by atoms with E-state index < -0.39 is 6.10 Å². The first kappa shape index (κ1) is 58.8. The molecule has 0 aromatic carbocycles. The summed E-state index contributed by atoms with van der Waals surface area (Å²) in [6.07, 6.45) is 68.8. The lowest BCUT2D eigenvalue weighted by atomic mass is 10.0. The lowest BCUT2D eigenvalue weighted by Crippen LogP contribution is -2.30. The van der Waals surface area contributed by atoms with Crippen LogP contribution < -0.4 is 0 Å². The molecule has 0 bridgehead atoms. The molecule has 6 nitrogen and oxygen atoms in total. The molecule has 0 aliphatic heterocycles. The molecule has 63 heavy (non-hydrogen) atoms. The zero-order valence-corrected chi connectivity index (χ0v) is 40.3. The van der Waals surface area contributed by atoms with Crippen LogP contribution >= 0.6 is 0 Å². The lowest BCUT2D eigenvalue weighted by molar-refractivity contribution is -0.167. The maximum Gasteiger partial charge on any atom is 0.306 e. The van der Waals surface area contributed by atoms with E-state index in [1.165, 1.54) is 64.2 Å². The van der Waals surface area contributed by atoms with Crippen molar-refractivity contribution in [2.75, 3.05) is 13.2 Å². The summed E-state index contributed by atoms with van der Waals surface area (Å²) in [5.41, 5.74) is 0. The molecule has 0 radical (unpaired) electrons. The third-order valence-electron chi connectivity index (χ3n) is 10.2. The summed E-state index contributed by atoms with van der Waals surface area (Å²) in [7, 11) is 0. The smallest absolute Gasteiger partial charge is 0.306 e. The molecule has 1 atom stereocenters. The average molecular weight is 871 g/mol. The van der Waals surface area contributed by atoms with Gasteiger partial charge in [-0.25, -0.2) is 0 Å². The first-order chi connectivity index (χ1) is 31.0. The van der Waals surface area contributed by atoms with Crippen molar-refractivity contribution >= 4 is 17.9 Å². The van der Waals surface area contributed by atoms with Crippen LogP contribution in [0.2, 0.25) is 0 Å². The van der Waals surface area contributed by atoms with Crippen molar-refractivity contribution < 1.29 is 28.6 Å². The summed E-state index contributed by atoms with van der Waals surface area (Å²) >= 11 is 0. The highest BCUT2D eigenvalue weighted by atomic mass is 16.6. The van der Waals surface area contributed by atoms with Crippen molar-refractivity contribution in [2.24, 2.45) is 0 Å². The Balaban J connectivity index is 4.54. The van der Waals surface area contributed by atoms with Crippen LogP contribution in [0.25, 0.3) is 0 Å². The Kier molecular flexibility index (Phi) is 47.1. The van der Waals surface area contributed by atoms with Gasteiger partial charge in [-0.15, -0.1) is 0 Å². The molecule has 0 heterocycles. The topological polar surface area (TPSA) is 78.9 Å². The second kappa shape index (κ2) is 50.5. The van der Waals surface area contributed by atoms with Gasteiger partial charge in [0, 0.05) is 19.3 Å².